The van der Waals surface area contributed by atoms with Crippen LogP contribution in [0.25, 0.3) is 0 Å². The number of benzene rings is 1. The Morgan fingerprint density at radius 2 is 2.20 bits per heavy atom. The Kier molecular flexibility index (Phi) is 4.99. The lowest BCUT2D eigenvalue weighted by molar-refractivity contribution is 0.644. The molecular formula is C12H19NOS. The van der Waals surface area contributed by atoms with Gasteiger partial charge in [-0.3, -0.25) is 4.21 Å². The summed E-state index contributed by atoms with van der Waals surface area (Å²) in [6.07, 6.45) is 1.87. The van der Waals surface area contributed by atoms with Crippen LogP contribution in [0.2, 0.25) is 0 Å². The van der Waals surface area contributed by atoms with Crippen molar-refractivity contribution in [2.75, 3.05) is 5.75 Å². The maximum absolute atomic E-state index is 11.8. The predicted molar refractivity (Wildman–Crippen MR) is 65.3 cm³/mol. The van der Waals surface area contributed by atoms with Gasteiger partial charge in [-0.15, -0.1) is 0 Å². The highest BCUT2D eigenvalue weighted by molar-refractivity contribution is 7.85. The first-order chi connectivity index (χ1) is 7.09. The fourth-order valence-corrected chi connectivity index (χ4v) is 2.62. The van der Waals surface area contributed by atoms with E-state index in [4.69, 9.17) is 5.73 Å². The van der Waals surface area contributed by atoms with E-state index in [0.717, 1.165) is 23.3 Å². The van der Waals surface area contributed by atoms with Crippen molar-refractivity contribution in [2.45, 2.75) is 37.6 Å². The minimum atomic E-state index is -0.866. The Hall–Kier alpha value is -0.670. The molecule has 0 radical (unpaired) electrons. The molecule has 0 fully saturated rings. The summed E-state index contributed by atoms with van der Waals surface area (Å²) in [6.45, 7) is 4.00. The van der Waals surface area contributed by atoms with Gasteiger partial charge in [-0.05, 0) is 44.4 Å². The molecule has 0 saturated heterocycles. The Morgan fingerprint density at radius 3 is 2.80 bits per heavy atom. The first kappa shape index (κ1) is 12.4. The van der Waals surface area contributed by atoms with Gasteiger partial charge in [0.05, 0.1) is 10.8 Å². The van der Waals surface area contributed by atoms with Crippen LogP contribution in [0.4, 0.5) is 0 Å². The summed E-state index contributed by atoms with van der Waals surface area (Å²) >= 11 is 0. The summed E-state index contributed by atoms with van der Waals surface area (Å²) in [5.41, 5.74) is 6.80. The van der Waals surface area contributed by atoms with Crippen molar-refractivity contribution in [3.05, 3.63) is 29.8 Å². The summed E-state index contributed by atoms with van der Waals surface area (Å²) in [6, 6.07) is 8.09. The number of hydrogen-bond acceptors (Lipinski definition) is 2. The van der Waals surface area contributed by atoms with E-state index in [-0.39, 0.29) is 6.04 Å². The standard InChI is InChI=1S/C12H19NOS/c1-10-5-3-7-12(9-10)15(14)8-4-6-11(2)13/h3,5,7,9,11H,4,6,8,13H2,1-2H3. The van der Waals surface area contributed by atoms with Crippen LogP contribution in [-0.2, 0) is 10.8 Å². The SMILES string of the molecule is Cc1cccc(S(=O)CCCC(C)N)c1. The highest BCUT2D eigenvalue weighted by Gasteiger charge is 2.04. The van der Waals surface area contributed by atoms with E-state index in [1.54, 1.807) is 0 Å². The summed E-state index contributed by atoms with van der Waals surface area (Å²) in [7, 11) is -0.866. The van der Waals surface area contributed by atoms with E-state index in [1.165, 1.54) is 0 Å². The topological polar surface area (TPSA) is 43.1 Å². The molecule has 0 aliphatic heterocycles. The smallest absolute Gasteiger partial charge is 0.0529 e. The summed E-state index contributed by atoms with van der Waals surface area (Å²) in [5, 5.41) is 0. The van der Waals surface area contributed by atoms with Crippen LogP contribution < -0.4 is 5.73 Å². The second kappa shape index (κ2) is 6.03. The number of nitrogens with two attached hydrogens (primary N) is 1. The van der Waals surface area contributed by atoms with E-state index in [0.29, 0.717) is 5.75 Å². The second-order valence-corrected chi connectivity index (χ2v) is 5.56. The van der Waals surface area contributed by atoms with Gasteiger partial charge in [0, 0.05) is 16.7 Å². The molecule has 15 heavy (non-hydrogen) atoms. The van der Waals surface area contributed by atoms with Gasteiger partial charge in [-0.25, -0.2) is 0 Å². The van der Waals surface area contributed by atoms with Gasteiger partial charge in [0.1, 0.15) is 0 Å². The molecule has 0 aliphatic rings. The van der Waals surface area contributed by atoms with Crippen LogP contribution in [0.5, 0.6) is 0 Å². The Labute approximate surface area is 94.3 Å². The molecule has 0 amide bonds. The van der Waals surface area contributed by atoms with E-state index in [1.807, 2.05) is 38.1 Å². The van der Waals surface area contributed by atoms with E-state index in [9.17, 15) is 4.21 Å². The molecule has 0 aliphatic carbocycles. The average Bonchev–Trinajstić information content (AvgIpc) is 2.17. The molecule has 2 N–H and O–H groups in total. The van der Waals surface area contributed by atoms with Crippen LogP contribution >= 0.6 is 0 Å². The second-order valence-electron chi connectivity index (χ2n) is 3.99. The molecule has 0 spiro atoms. The number of rotatable bonds is 5. The molecule has 0 saturated carbocycles. The third-order valence-corrected chi connectivity index (χ3v) is 3.68. The zero-order valence-electron chi connectivity index (χ0n) is 9.40. The Bertz CT molecular complexity index is 336. The maximum atomic E-state index is 11.8. The van der Waals surface area contributed by atoms with Gasteiger partial charge in [-0.1, -0.05) is 12.1 Å². The average molecular weight is 225 g/mol. The van der Waals surface area contributed by atoms with Crippen LogP contribution in [-0.4, -0.2) is 16.0 Å². The Morgan fingerprint density at radius 1 is 1.47 bits per heavy atom. The van der Waals surface area contributed by atoms with Crippen LogP contribution in [0.3, 0.4) is 0 Å². The van der Waals surface area contributed by atoms with Gasteiger partial charge in [0.2, 0.25) is 0 Å². The molecule has 0 heterocycles. The van der Waals surface area contributed by atoms with Crippen LogP contribution in [0, 0.1) is 6.92 Å². The molecule has 1 rings (SSSR count). The van der Waals surface area contributed by atoms with E-state index < -0.39 is 10.8 Å². The number of aryl methyl sites for hydroxylation is 1. The summed E-state index contributed by atoms with van der Waals surface area (Å²) < 4.78 is 11.8. The van der Waals surface area contributed by atoms with Gasteiger partial charge in [0.15, 0.2) is 0 Å². The van der Waals surface area contributed by atoms with Gasteiger partial charge in [0.25, 0.3) is 0 Å². The minimum Gasteiger partial charge on any atom is -0.328 e. The summed E-state index contributed by atoms with van der Waals surface area (Å²) in [5.74, 6) is 0.713. The molecule has 2 atom stereocenters. The first-order valence-corrected chi connectivity index (χ1v) is 6.62. The van der Waals surface area contributed by atoms with Gasteiger partial charge >= 0.3 is 0 Å². The molecular weight excluding hydrogens is 206 g/mol. The largest absolute Gasteiger partial charge is 0.328 e. The lowest BCUT2D eigenvalue weighted by atomic mass is 10.2. The zero-order chi connectivity index (χ0) is 11.3. The van der Waals surface area contributed by atoms with E-state index in [2.05, 4.69) is 0 Å². The van der Waals surface area contributed by atoms with Gasteiger partial charge in [-0.2, -0.15) is 0 Å². The monoisotopic (exact) mass is 225 g/mol. The van der Waals surface area contributed by atoms with Crippen molar-refractivity contribution in [3.63, 3.8) is 0 Å². The van der Waals surface area contributed by atoms with Crippen LogP contribution in [0.1, 0.15) is 25.3 Å². The van der Waals surface area contributed by atoms with Crippen molar-refractivity contribution in [3.8, 4) is 0 Å². The van der Waals surface area contributed by atoms with Crippen LogP contribution in [0.15, 0.2) is 29.2 Å². The number of hydrogen-bond donors (Lipinski definition) is 1. The minimum absolute atomic E-state index is 0.208. The third-order valence-electron chi connectivity index (χ3n) is 2.24. The molecule has 2 nitrogen and oxygen atoms in total. The molecule has 1 aromatic carbocycles. The molecule has 3 heteroatoms. The normalized spacial score (nSPS) is 14.9. The predicted octanol–water partition coefficient (Wildman–Crippen LogP) is 2.23. The molecule has 0 bridgehead atoms. The Balaban J connectivity index is 2.47. The molecule has 2 unspecified atom stereocenters. The van der Waals surface area contributed by atoms with Crippen molar-refractivity contribution in [1.29, 1.82) is 0 Å². The molecule has 1 aromatic rings. The highest BCUT2D eigenvalue weighted by atomic mass is 32.2. The quantitative estimate of drug-likeness (QED) is 0.835. The lowest BCUT2D eigenvalue weighted by Crippen LogP contribution is -2.15. The third kappa shape index (κ3) is 4.58. The fourth-order valence-electron chi connectivity index (χ4n) is 1.41. The maximum Gasteiger partial charge on any atom is 0.0529 e. The van der Waals surface area contributed by atoms with Crippen molar-refractivity contribution in [2.24, 2.45) is 5.73 Å². The van der Waals surface area contributed by atoms with Crippen molar-refractivity contribution < 1.29 is 4.21 Å². The van der Waals surface area contributed by atoms with E-state index >= 15 is 0 Å². The lowest BCUT2D eigenvalue weighted by Gasteiger charge is -2.05. The van der Waals surface area contributed by atoms with Gasteiger partial charge < -0.3 is 5.73 Å². The van der Waals surface area contributed by atoms with Crippen molar-refractivity contribution >= 4 is 10.8 Å². The van der Waals surface area contributed by atoms with Crippen molar-refractivity contribution in [1.82, 2.24) is 0 Å². The molecule has 0 aromatic heterocycles. The zero-order valence-corrected chi connectivity index (χ0v) is 10.2. The first-order valence-electron chi connectivity index (χ1n) is 5.30. The fraction of sp³-hybridized carbons (Fsp3) is 0.500. The highest BCUT2D eigenvalue weighted by Crippen LogP contribution is 2.10. The molecule has 84 valence electrons. The summed E-state index contributed by atoms with van der Waals surface area (Å²) in [4.78, 5) is 0.930.